The average molecular weight is 416 g/mol. The first-order valence-corrected chi connectivity index (χ1v) is 9.60. The van der Waals surface area contributed by atoms with E-state index in [2.05, 4.69) is 15.5 Å². The maximum Gasteiger partial charge on any atom is 0.323 e. The number of rotatable bonds is 7. The number of carbonyl (C=O) groups is 1. The van der Waals surface area contributed by atoms with E-state index in [0.717, 1.165) is 16.3 Å². The Labute approximate surface area is 172 Å². The number of aromatic nitrogens is 2. The van der Waals surface area contributed by atoms with E-state index in [1.807, 2.05) is 24.3 Å². The standard InChI is InChI=1S/C20H21FN4O3S/c1-25(12-14-7-8-17(28-3)16(21)10-14)20(26)22-19-24-23-18(29-19)11-13-5-4-6-15(9-13)27-2/h4-10H,11-12H2,1-3H3,(H,22,24,26). The highest BCUT2D eigenvalue weighted by atomic mass is 32.1. The van der Waals surface area contributed by atoms with Crippen LogP contribution in [0, 0.1) is 5.82 Å². The lowest BCUT2D eigenvalue weighted by Crippen LogP contribution is -2.30. The molecule has 0 aliphatic rings. The topological polar surface area (TPSA) is 76.6 Å². The molecule has 0 aliphatic heterocycles. The van der Waals surface area contributed by atoms with E-state index in [1.54, 1.807) is 20.2 Å². The van der Waals surface area contributed by atoms with Crippen molar-refractivity contribution in [3.8, 4) is 11.5 Å². The molecule has 0 fully saturated rings. The number of hydrogen-bond acceptors (Lipinski definition) is 6. The van der Waals surface area contributed by atoms with Gasteiger partial charge in [0.1, 0.15) is 10.8 Å². The molecule has 3 rings (SSSR count). The molecule has 0 aliphatic carbocycles. The number of nitrogens with zero attached hydrogens (tertiary/aromatic N) is 3. The number of benzene rings is 2. The molecule has 3 aromatic rings. The Morgan fingerprint density at radius 3 is 2.69 bits per heavy atom. The minimum absolute atomic E-state index is 0.165. The lowest BCUT2D eigenvalue weighted by atomic mass is 10.1. The summed E-state index contributed by atoms with van der Waals surface area (Å²) in [5.41, 5.74) is 1.69. The van der Waals surface area contributed by atoms with Gasteiger partial charge in [-0.25, -0.2) is 9.18 Å². The number of ether oxygens (including phenoxy) is 2. The van der Waals surface area contributed by atoms with Crippen LogP contribution in [0.4, 0.5) is 14.3 Å². The van der Waals surface area contributed by atoms with E-state index >= 15 is 0 Å². The smallest absolute Gasteiger partial charge is 0.323 e. The van der Waals surface area contributed by atoms with E-state index in [4.69, 9.17) is 9.47 Å². The van der Waals surface area contributed by atoms with E-state index < -0.39 is 5.82 Å². The van der Waals surface area contributed by atoms with Gasteiger partial charge in [0.05, 0.1) is 14.2 Å². The molecule has 0 spiro atoms. The molecule has 0 radical (unpaired) electrons. The summed E-state index contributed by atoms with van der Waals surface area (Å²) in [4.78, 5) is 13.8. The molecule has 9 heteroatoms. The highest BCUT2D eigenvalue weighted by molar-refractivity contribution is 7.15. The van der Waals surface area contributed by atoms with Crippen molar-refractivity contribution >= 4 is 22.5 Å². The van der Waals surface area contributed by atoms with E-state index in [-0.39, 0.29) is 18.3 Å². The van der Waals surface area contributed by atoms with Crippen LogP contribution in [0.2, 0.25) is 0 Å². The van der Waals surface area contributed by atoms with Crippen LogP contribution in [-0.4, -0.2) is 42.4 Å². The molecular weight excluding hydrogens is 395 g/mol. The Bertz CT molecular complexity index is 995. The highest BCUT2D eigenvalue weighted by Gasteiger charge is 2.14. The SMILES string of the molecule is COc1cccc(Cc2nnc(NC(=O)N(C)Cc3ccc(OC)c(F)c3)s2)c1. The van der Waals surface area contributed by atoms with Crippen molar-refractivity contribution in [2.75, 3.05) is 26.6 Å². The quantitative estimate of drug-likeness (QED) is 0.631. The molecule has 0 saturated carbocycles. The van der Waals surface area contributed by atoms with Gasteiger partial charge < -0.3 is 14.4 Å². The van der Waals surface area contributed by atoms with Gasteiger partial charge in [0.2, 0.25) is 5.13 Å². The second kappa shape index (κ2) is 9.33. The summed E-state index contributed by atoms with van der Waals surface area (Å²) in [5, 5.41) is 12.0. The molecule has 0 saturated heterocycles. The predicted octanol–water partition coefficient (Wildman–Crippen LogP) is 3.95. The van der Waals surface area contributed by atoms with Crippen molar-refractivity contribution in [1.82, 2.24) is 15.1 Å². The fourth-order valence-corrected chi connectivity index (χ4v) is 3.44. The third kappa shape index (κ3) is 5.41. The number of hydrogen-bond donors (Lipinski definition) is 1. The van der Waals surface area contributed by atoms with Crippen molar-refractivity contribution in [1.29, 1.82) is 0 Å². The zero-order chi connectivity index (χ0) is 20.8. The number of halogens is 1. The van der Waals surface area contributed by atoms with Crippen molar-refractivity contribution < 1.29 is 18.7 Å². The molecule has 7 nitrogen and oxygen atoms in total. The number of methoxy groups -OCH3 is 2. The van der Waals surface area contributed by atoms with Crippen molar-refractivity contribution in [3.05, 3.63) is 64.4 Å². The van der Waals surface area contributed by atoms with Gasteiger partial charge in [-0.05, 0) is 35.4 Å². The van der Waals surface area contributed by atoms with Gasteiger partial charge in [-0.1, -0.05) is 29.5 Å². The summed E-state index contributed by atoms with van der Waals surface area (Å²) < 4.78 is 23.9. The highest BCUT2D eigenvalue weighted by Crippen LogP contribution is 2.22. The summed E-state index contributed by atoms with van der Waals surface area (Å²) in [6.07, 6.45) is 0.589. The Morgan fingerprint density at radius 1 is 1.14 bits per heavy atom. The molecular formula is C20H21FN4O3S. The maximum absolute atomic E-state index is 13.8. The minimum atomic E-state index is -0.467. The summed E-state index contributed by atoms with van der Waals surface area (Å²) in [5.74, 6) is 0.473. The van der Waals surface area contributed by atoms with Crippen LogP contribution in [0.15, 0.2) is 42.5 Å². The molecule has 1 aromatic heterocycles. The van der Waals surface area contributed by atoms with Gasteiger partial charge in [-0.2, -0.15) is 0 Å². The lowest BCUT2D eigenvalue weighted by Gasteiger charge is -2.17. The van der Waals surface area contributed by atoms with E-state index in [9.17, 15) is 9.18 Å². The van der Waals surface area contributed by atoms with Crippen LogP contribution in [0.3, 0.4) is 0 Å². The lowest BCUT2D eigenvalue weighted by molar-refractivity contribution is 0.220. The Balaban J connectivity index is 1.58. The fraction of sp³-hybridized carbons (Fsp3) is 0.250. The van der Waals surface area contributed by atoms with Crippen molar-refractivity contribution in [3.63, 3.8) is 0 Å². The second-order valence-electron chi connectivity index (χ2n) is 6.28. The second-order valence-corrected chi connectivity index (χ2v) is 7.35. The van der Waals surface area contributed by atoms with Gasteiger partial charge in [-0.3, -0.25) is 5.32 Å². The summed E-state index contributed by atoms with van der Waals surface area (Å²) in [6.45, 7) is 0.238. The van der Waals surface area contributed by atoms with Crippen LogP contribution in [-0.2, 0) is 13.0 Å². The monoisotopic (exact) mass is 416 g/mol. The zero-order valence-electron chi connectivity index (χ0n) is 16.3. The summed E-state index contributed by atoms with van der Waals surface area (Å²) in [6, 6.07) is 11.9. The molecule has 1 N–H and O–H groups in total. The first-order chi connectivity index (χ1) is 14.0. The number of anilines is 1. The maximum atomic E-state index is 13.8. The molecule has 2 aromatic carbocycles. The van der Waals surface area contributed by atoms with Crippen LogP contribution in [0.5, 0.6) is 11.5 Å². The molecule has 0 bridgehead atoms. The summed E-state index contributed by atoms with van der Waals surface area (Å²) >= 11 is 1.30. The Kier molecular flexibility index (Phi) is 6.61. The van der Waals surface area contributed by atoms with Gasteiger partial charge in [0.25, 0.3) is 0 Å². The molecule has 29 heavy (non-hydrogen) atoms. The first kappa shape index (κ1) is 20.5. The Morgan fingerprint density at radius 2 is 1.97 bits per heavy atom. The molecule has 0 unspecified atom stereocenters. The first-order valence-electron chi connectivity index (χ1n) is 8.78. The minimum Gasteiger partial charge on any atom is -0.497 e. The number of carbonyl (C=O) groups excluding carboxylic acids is 1. The van der Waals surface area contributed by atoms with Gasteiger partial charge in [0.15, 0.2) is 11.6 Å². The van der Waals surface area contributed by atoms with Crippen molar-refractivity contribution in [2.45, 2.75) is 13.0 Å². The average Bonchev–Trinajstić information content (AvgIpc) is 3.14. The molecule has 152 valence electrons. The molecule has 0 atom stereocenters. The fourth-order valence-electron chi connectivity index (χ4n) is 2.67. The van der Waals surface area contributed by atoms with Crippen LogP contribution in [0.1, 0.15) is 16.1 Å². The largest absolute Gasteiger partial charge is 0.497 e. The summed E-state index contributed by atoms with van der Waals surface area (Å²) in [7, 11) is 4.65. The normalized spacial score (nSPS) is 10.5. The number of amides is 2. The third-order valence-corrected chi connectivity index (χ3v) is 4.99. The predicted molar refractivity (Wildman–Crippen MR) is 109 cm³/mol. The number of urea groups is 1. The van der Waals surface area contributed by atoms with Gasteiger partial charge >= 0.3 is 6.03 Å². The van der Waals surface area contributed by atoms with Crippen molar-refractivity contribution in [2.24, 2.45) is 0 Å². The third-order valence-electron chi connectivity index (χ3n) is 4.15. The Hall–Kier alpha value is -3.20. The van der Waals surface area contributed by atoms with E-state index in [0.29, 0.717) is 17.1 Å². The number of nitrogens with one attached hydrogen (secondary N) is 1. The van der Waals surface area contributed by atoms with E-state index in [1.165, 1.54) is 35.5 Å². The molecule has 2 amide bonds. The van der Waals surface area contributed by atoms with Crippen LogP contribution >= 0.6 is 11.3 Å². The van der Waals surface area contributed by atoms with Gasteiger partial charge in [0, 0.05) is 20.0 Å². The molecule has 1 heterocycles. The van der Waals surface area contributed by atoms with Crippen LogP contribution in [0.25, 0.3) is 0 Å². The van der Waals surface area contributed by atoms with Crippen LogP contribution < -0.4 is 14.8 Å². The van der Waals surface area contributed by atoms with Gasteiger partial charge in [-0.15, -0.1) is 10.2 Å². The zero-order valence-corrected chi connectivity index (χ0v) is 17.1.